The van der Waals surface area contributed by atoms with Crippen molar-refractivity contribution in [1.82, 2.24) is 5.32 Å². The molecular formula is C23H16BrN3O6S2. The summed E-state index contributed by atoms with van der Waals surface area (Å²) in [5.41, 5.74) is 2.07. The molecule has 3 aromatic rings. The van der Waals surface area contributed by atoms with Gasteiger partial charge in [0.1, 0.15) is 4.90 Å². The number of hydrogen-bond acceptors (Lipinski definition) is 8. The highest BCUT2D eigenvalue weighted by atomic mass is 79.9. The molecule has 12 heteroatoms. The Morgan fingerprint density at radius 3 is 2.54 bits per heavy atom. The SMILES string of the molecule is Cc1ccc(N=C2NC(=O)/C(=C/c3ccc(OS(=O)(=O)c4cccc([N+](=O)[O-])c4)c(Br)c3)S2)cc1. The number of aliphatic imine (C=N–C) groups is 1. The van der Waals surface area contributed by atoms with E-state index in [0.717, 1.165) is 11.6 Å². The number of nitrogens with zero attached hydrogens (tertiary/aromatic N) is 2. The minimum atomic E-state index is -4.31. The highest BCUT2D eigenvalue weighted by Gasteiger charge is 2.24. The highest BCUT2D eigenvalue weighted by Crippen LogP contribution is 2.33. The molecule has 1 fully saturated rings. The third-order valence-corrected chi connectivity index (χ3v) is 7.45. The summed E-state index contributed by atoms with van der Waals surface area (Å²) in [7, 11) is -4.31. The van der Waals surface area contributed by atoms with Gasteiger partial charge in [0.05, 0.1) is 20.0 Å². The minimum absolute atomic E-state index is 0.0104. The van der Waals surface area contributed by atoms with Crippen molar-refractivity contribution in [1.29, 1.82) is 0 Å². The molecule has 1 saturated heterocycles. The van der Waals surface area contributed by atoms with Crippen molar-refractivity contribution < 1.29 is 22.3 Å². The number of halogens is 1. The van der Waals surface area contributed by atoms with Crippen LogP contribution in [0.3, 0.4) is 0 Å². The zero-order valence-corrected chi connectivity index (χ0v) is 21.2. The van der Waals surface area contributed by atoms with Crippen LogP contribution >= 0.6 is 27.7 Å². The van der Waals surface area contributed by atoms with E-state index in [1.165, 1.54) is 36.0 Å². The van der Waals surface area contributed by atoms with Crippen LogP contribution in [0.1, 0.15) is 11.1 Å². The molecule has 4 rings (SSSR count). The minimum Gasteiger partial charge on any atom is -0.378 e. The topological polar surface area (TPSA) is 128 Å². The first-order chi connectivity index (χ1) is 16.6. The molecule has 0 spiro atoms. The number of carbonyl (C=O) groups excluding carboxylic acids is 1. The zero-order valence-electron chi connectivity index (χ0n) is 18.0. The normalized spacial score (nSPS) is 15.9. The molecule has 1 heterocycles. The molecule has 35 heavy (non-hydrogen) atoms. The average Bonchev–Trinajstić information content (AvgIpc) is 3.15. The Bertz CT molecular complexity index is 1500. The first-order valence-corrected chi connectivity index (χ1v) is 13.0. The quantitative estimate of drug-likeness (QED) is 0.183. The van der Waals surface area contributed by atoms with Gasteiger partial charge in [-0.3, -0.25) is 14.9 Å². The van der Waals surface area contributed by atoms with Gasteiger partial charge in [0.2, 0.25) is 0 Å². The van der Waals surface area contributed by atoms with Crippen LogP contribution in [-0.2, 0) is 14.9 Å². The Labute approximate surface area is 213 Å². The fourth-order valence-corrected chi connectivity index (χ4v) is 5.38. The van der Waals surface area contributed by atoms with Gasteiger partial charge in [-0.25, -0.2) is 4.99 Å². The lowest BCUT2D eigenvalue weighted by Crippen LogP contribution is -2.19. The van der Waals surface area contributed by atoms with Crippen molar-refractivity contribution in [3.8, 4) is 5.75 Å². The van der Waals surface area contributed by atoms with Crippen LogP contribution in [-0.4, -0.2) is 24.4 Å². The van der Waals surface area contributed by atoms with Gasteiger partial charge in [0.15, 0.2) is 10.9 Å². The second-order valence-corrected chi connectivity index (χ2v) is 10.7. The first kappa shape index (κ1) is 24.6. The van der Waals surface area contributed by atoms with Crippen LogP contribution in [0.4, 0.5) is 11.4 Å². The van der Waals surface area contributed by atoms with Gasteiger partial charge in [0.25, 0.3) is 11.6 Å². The van der Waals surface area contributed by atoms with E-state index in [-0.39, 0.29) is 22.2 Å². The number of amides is 1. The van der Waals surface area contributed by atoms with Crippen LogP contribution < -0.4 is 9.50 Å². The number of nitro groups is 1. The van der Waals surface area contributed by atoms with E-state index in [9.17, 15) is 23.3 Å². The molecular weight excluding hydrogens is 558 g/mol. The number of nitrogens with one attached hydrogen (secondary N) is 1. The summed E-state index contributed by atoms with van der Waals surface area (Å²) < 4.78 is 30.7. The molecule has 0 unspecified atom stereocenters. The van der Waals surface area contributed by atoms with Gasteiger partial charge >= 0.3 is 10.1 Å². The third kappa shape index (κ3) is 5.96. The number of hydrogen-bond donors (Lipinski definition) is 1. The van der Waals surface area contributed by atoms with E-state index in [1.807, 2.05) is 31.2 Å². The second-order valence-electron chi connectivity index (χ2n) is 7.30. The Morgan fingerprint density at radius 1 is 1.11 bits per heavy atom. The lowest BCUT2D eigenvalue weighted by molar-refractivity contribution is -0.385. The molecule has 178 valence electrons. The Morgan fingerprint density at radius 2 is 1.86 bits per heavy atom. The molecule has 3 aromatic carbocycles. The maximum Gasteiger partial charge on any atom is 0.339 e. The van der Waals surface area contributed by atoms with Gasteiger partial charge < -0.3 is 9.50 Å². The lowest BCUT2D eigenvalue weighted by Gasteiger charge is -2.09. The first-order valence-electron chi connectivity index (χ1n) is 9.95. The number of nitro benzene ring substituents is 1. The number of aryl methyl sites for hydroxylation is 1. The molecule has 0 saturated carbocycles. The van der Waals surface area contributed by atoms with Crippen molar-refractivity contribution in [2.45, 2.75) is 11.8 Å². The summed E-state index contributed by atoms with van der Waals surface area (Å²) in [5, 5.41) is 14.1. The second kappa shape index (κ2) is 10.0. The van der Waals surface area contributed by atoms with E-state index in [0.29, 0.717) is 25.8 Å². The number of carbonyl (C=O) groups is 1. The summed E-state index contributed by atoms with van der Waals surface area (Å²) >= 11 is 4.47. The number of rotatable bonds is 6. The molecule has 0 aliphatic carbocycles. The van der Waals surface area contributed by atoms with Crippen molar-refractivity contribution in [3.63, 3.8) is 0 Å². The summed E-state index contributed by atoms with van der Waals surface area (Å²) in [6.45, 7) is 1.97. The standard InChI is InChI=1S/C23H16BrN3O6S2/c1-14-5-8-16(9-6-14)25-23-26-22(28)21(34-23)12-15-7-10-20(19(24)11-15)33-35(31,32)18-4-2-3-17(13-18)27(29)30/h2-13H,1H3,(H,25,26,28)/b21-12-. The molecule has 0 atom stereocenters. The summed E-state index contributed by atoms with van der Waals surface area (Å²) in [5.74, 6) is -0.311. The van der Waals surface area contributed by atoms with Crippen LogP contribution in [0.2, 0.25) is 0 Å². The number of amidine groups is 1. The van der Waals surface area contributed by atoms with Gasteiger partial charge in [-0.2, -0.15) is 8.42 Å². The molecule has 0 radical (unpaired) electrons. The molecule has 1 aliphatic heterocycles. The maximum absolute atomic E-state index is 12.6. The maximum atomic E-state index is 12.6. The monoisotopic (exact) mass is 573 g/mol. The summed E-state index contributed by atoms with van der Waals surface area (Å²) in [6, 6.07) is 16.7. The average molecular weight is 574 g/mol. The number of thioether (sulfide) groups is 1. The molecule has 1 aliphatic rings. The fraction of sp³-hybridized carbons (Fsp3) is 0.0435. The van der Waals surface area contributed by atoms with Gasteiger partial charge in [-0.05, 0) is 76.6 Å². The Hall–Kier alpha value is -3.48. The summed E-state index contributed by atoms with van der Waals surface area (Å²) in [4.78, 5) is 27.1. The predicted octanol–water partition coefficient (Wildman–Crippen LogP) is 5.33. The predicted molar refractivity (Wildman–Crippen MR) is 137 cm³/mol. The highest BCUT2D eigenvalue weighted by molar-refractivity contribution is 9.10. The van der Waals surface area contributed by atoms with Crippen LogP contribution in [0.5, 0.6) is 5.75 Å². The zero-order chi connectivity index (χ0) is 25.2. The van der Waals surface area contributed by atoms with E-state index in [4.69, 9.17) is 4.18 Å². The number of non-ortho nitro benzene ring substituents is 1. The van der Waals surface area contributed by atoms with Crippen molar-refractivity contribution in [3.05, 3.63) is 97.3 Å². The third-order valence-electron chi connectivity index (χ3n) is 4.69. The van der Waals surface area contributed by atoms with Crippen molar-refractivity contribution >= 4 is 66.3 Å². The van der Waals surface area contributed by atoms with Gasteiger partial charge in [0, 0.05) is 12.1 Å². The summed E-state index contributed by atoms with van der Waals surface area (Å²) in [6.07, 6.45) is 1.64. The molecule has 1 N–H and O–H groups in total. The van der Waals surface area contributed by atoms with Gasteiger partial charge in [-0.15, -0.1) is 0 Å². The molecule has 9 nitrogen and oxygen atoms in total. The van der Waals surface area contributed by atoms with E-state index in [1.54, 1.807) is 18.2 Å². The van der Waals surface area contributed by atoms with E-state index >= 15 is 0 Å². The van der Waals surface area contributed by atoms with Crippen molar-refractivity contribution in [2.75, 3.05) is 0 Å². The van der Waals surface area contributed by atoms with Crippen molar-refractivity contribution in [2.24, 2.45) is 4.99 Å². The van der Waals surface area contributed by atoms with Crippen LogP contribution in [0.25, 0.3) is 6.08 Å². The largest absolute Gasteiger partial charge is 0.378 e. The van der Waals surface area contributed by atoms with Crippen LogP contribution in [0.15, 0.2) is 86.0 Å². The fourth-order valence-electron chi connectivity index (χ4n) is 2.96. The van der Waals surface area contributed by atoms with E-state index < -0.39 is 15.0 Å². The van der Waals surface area contributed by atoms with Gasteiger partial charge in [-0.1, -0.05) is 29.8 Å². The van der Waals surface area contributed by atoms with E-state index in [2.05, 4.69) is 26.2 Å². The smallest absolute Gasteiger partial charge is 0.339 e. The molecule has 0 aromatic heterocycles. The Balaban J connectivity index is 1.52. The number of benzene rings is 3. The Kier molecular flexibility index (Phi) is 7.05. The molecule has 0 bridgehead atoms. The molecule has 1 amide bonds. The lowest BCUT2D eigenvalue weighted by atomic mass is 10.2. The van der Waals surface area contributed by atoms with Crippen LogP contribution in [0, 0.1) is 17.0 Å².